The molecule has 1 aromatic carbocycles. The summed E-state index contributed by atoms with van der Waals surface area (Å²) in [6, 6.07) is 8.32. The molecule has 0 aliphatic heterocycles. The van der Waals surface area contributed by atoms with Crippen molar-refractivity contribution in [3.63, 3.8) is 0 Å². The molecule has 0 saturated heterocycles. The van der Waals surface area contributed by atoms with E-state index in [2.05, 4.69) is 49.8 Å². The number of ether oxygens (including phenoxy) is 1. The first-order chi connectivity index (χ1) is 10.6. The SMILES string of the molecule is COC(=O)C(C)CN(C)C(=O)CSc1ccc(C(C)(C)C)cc1. The molecule has 0 bridgehead atoms. The van der Waals surface area contributed by atoms with Gasteiger partial charge in [-0.3, -0.25) is 9.59 Å². The highest BCUT2D eigenvalue weighted by Gasteiger charge is 2.19. The number of carbonyl (C=O) groups excluding carboxylic acids is 2. The fourth-order valence-electron chi connectivity index (χ4n) is 2.09. The Balaban J connectivity index is 2.51. The number of esters is 1. The maximum absolute atomic E-state index is 12.1. The minimum absolute atomic E-state index is 0.00523. The summed E-state index contributed by atoms with van der Waals surface area (Å²) in [5, 5.41) is 0. The minimum atomic E-state index is -0.315. The molecular formula is C18H27NO3S. The molecule has 0 radical (unpaired) electrons. The summed E-state index contributed by atoms with van der Waals surface area (Å²) in [6.45, 7) is 8.66. The zero-order chi connectivity index (χ0) is 17.6. The van der Waals surface area contributed by atoms with Crippen LogP contribution in [0.3, 0.4) is 0 Å². The van der Waals surface area contributed by atoms with Crippen molar-refractivity contribution in [1.29, 1.82) is 0 Å². The van der Waals surface area contributed by atoms with Crippen LogP contribution in [0.2, 0.25) is 0 Å². The molecule has 0 spiro atoms. The van der Waals surface area contributed by atoms with Gasteiger partial charge in [0, 0.05) is 18.5 Å². The molecule has 4 nitrogen and oxygen atoms in total. The number of carbonyl (C=O) groups is 2. The van der Waals surface area contributed by atoms with Gasteiger partial charge in [0.1, 0.15) is 0 Å². The average Bonchev–Trinajstić information content (AvgIpc) is 2.51. The molecule has 0 fully saturated rings. The van der Waals surface area contributed by atoms with Crippen molar-refractivity contribution in [2.75, 3.05) is 26.5 Å². The lowest BCUT2D eigenvalue weighted by Gasteiger charge is -2.20. The number of amides is 1. The van der Waals surface area contributed by atoms with Crippen LogP contribution in [-0.4, -0.2) is 43.2 Å². The van der Waals surface area contributed by atoms with Crippen LogP contribution in [0.4, 0.5) is 0 Å². The Morgan fingerprint density at radius 1 is 1.22 bits per heavy atom. The molecule has 0 saturated carbocycles. The summed E-state index contributed by atoms with van der Waals surface area (Å²) in [5.74, 6) is -0.245. The van der Waals surface area contributed by atoms with Crippen LogP contribution in [0, 0.1) is 5.92 Å². The van der Waals surface area contributed by atoms with Crippen LogP contribution >= 0.6 is 11.8 Å². The molecule has 23 heavy (non-hydrogen) atoms. The van der Waals surface area contributed by atoms with Gasteiger partial charge in [-0.1, -0.05) is 39.8 Å². The number of benzene rings is 1. The Kier molecular flexibility index (Phi) is 7.13. The molecule has 1 amide bonds. The van der Waals surface area contributed by atoms with Crippen LogP contribution in [0.5, 0.6) is 0 Å². The lowest BCUT2D eigenvalue weighted by Crippen LogP contribution is -2.35. The van der Waals surface area contributed by atoms with E-state index in [9.17, 15) is 9.59 Å². The normalized spacial score (nSPS) is 12.6. The number of hydrogen-bond acceptors (Lipinski definition) is 4. The van der Waals surface area contributed by atoms with Gasteiger partial charge in [0.2, 0.25) is 5.91 Å². The highest BCUT2D eigenvalue weighted by molar-refractivity contribution is 8.00. The van der Waals surface area contributed by atoms with Crippen LogP contribution in [-0.2, 0) is 19.7 Å². The van der Waals surface area contributed by atoms with Crippen LogP contribution in [0.1, 0.15) is 33.3 Å². The van der Waals surface area contributed by atoms with E-state index in [1.54, 1.807) is 18.9 Å². The van der Waals surface area contributed by atoms with E-state index < -0.39 is 0 Å². The minimum Gasteiger partial charge on any atom is -0.469 e. The summed E-state index contributed by atoms with van der Waals surface area (Å²) in [5.41, 5.74) is 1.40. The van der Waals surface area contributed by atoms with Crippen LogP contribution in [0.15, 0.2) is 29.2 Å². The van der Waals surface area contributed by atoms with E-state index in [4.69, 9.17) is 0 Å². The van der Waals surface area contributed by atoms with E-state index in [0.717, 1.165) is 4.90 Å². The molecule has 1 unspecified atom stereocenters. The molecule has 1 rings (SSSR count). The zero-order valence-electron chi connectivity index (χ0n) is 14.9. The van der Waals surface area contributed by atoms with E-state index in [0.29, 0.717) is 12.3 Å². The lowest BCUT2D eigenvalue weighted by atomic mass is 9.87. The predicted molar refractivity (Wildman–Crippen MR) is 94.7 cm³/mol. The first-order valence-corrected chi connectivity index (χ1v) is 8.69. The Bertz CT molecular complexity index is 534. The van der Waals surface area contributed by atoms with Crippen molar-refractivity contribution in [2.24, 2.45) is 5.92 Å². The first kappa shape index (κ1) is 19.6. The Labute approximate surface area is 143 Å². The van der Waals surface area contributed by atoms with Gasteiger partial charge >= 0.3 is 5.97 Å². The Hall–Kier alpha value is -1.49. The lowest BCUT2D eigenvalue weighted by molar-refractivity contribution is -0.145. The van der Waals surface area contributed by atoms with Crippen LogP contribution < -0.4 is 0 Å². The third kappa shape index (κ3) is 6.26. The van der Waals surface area contributed by atoms with Gasteiger partial charge in [0.15, 0.2) is 0 Å². The molecule has 1 atom stereocenters. The fraction of sp³-hybridized carbons (Fsp3) is 0.556. The van der Waals surface area contributed by atoms with Gasteiger partial charge in [0.05, 0.1) is 18.8 Å². The molecule has 0 aromatic heterocycles. The monoisotopic (exact) mass is 337 g/mol. The first-order valence-electron chi connectivity index (χ1n) is 7.70. The summed E-state index contributed by atoms with van der Waals surface area (Å²) < 4.78 is 4.68. The maximum Gasteiger partial charge on any atom is 0.310 e. The van der Waals surface area contributed by atoms with Gasteiger partial charge in [-0.25, -0.2) is 0 Å². The summed E-state index contributed by atoms with van der Waals surface area (Å²) in [4.78, 5) is 26.2. The quantitative estimate of drug-likeness (QED) is 0.590. The van der Waals surface area contributed by atoms with E-state index >= 15 is 0 Å². The molecule has 0 aliphatic rings. The van der Waals surface area contributed by atoms with Gasteiger partial charge in [0.25, 0.3) is 0 Å². The van der Waals surface area contributed by atoms with Crippen LogP contribution in [0.25, 0.3) is 0 Å². The summed E-state index contributed by atoms with van der Waals surface area (Å²) in [7, 11) is 3.07. The summed E-state index contributed by atoms with van der Waals surface area (Å²) in [6.07, 6.45) is 0. The maximum atomic E-state index is 12.1. The highest BCUT2D eigenvalue weighted by atomic mass is 32.2. The number of nitrogens with zero attached hydrogens (tertiary/aromatic N) is 1. The topological polar surface area (TPSA) is 46.6 Å². The van der Waals surface area contributed by atoms with Crippen molar-refractivity contribution >= 4 is 23.6 Å². The van der Waals surface area contributed by atoms with E-state index in [1.807, 2.05) is 0 Å². The number of methoxy groups -OCH3 is 1. The third-order valence-electron chi connectivity index (χ3n) is 3.66. The van der Waals surface area contributed by atoms with Gasteiger partial charge in [-0.15, -0.1) is 11.8 Å². The standard InChI is InChI=1S/C18H27NO3S/c1-13(17(21)22-6)11-19(5)16(20)12-23-15-9-7-14(8-10-15)18(2,3)4/h7-10,13H,11-12H2,1-6H3. The van der Waals surface area contributed by atoms with Gasteiger partial charge in [-0.05, 0) is 23.1 Å². The second kappa shape index (κ2) is 8.39. The average molecular weight is 337 g/mol. The number of rotatable bonds is 6. The molecule has 5 heteroatoms. The Morgan fingerprint density at radius 2 is 1.78 bits per heavy atom. The Morgan fingerprint density at radius 3 is 2.26 bits per heavy atom. The van der Waals surface area contributed by atoms with Crippen molar-refractivity contribution < 1.29 is 14.3 Å². The fourth-order valence-corrected chi connectivity index (χ4v) is 2.93. The molecular weight excluding hydrogens is 310 g/mol. The second-order valence-electron chi connectivity index (χ2n) is 6.76. The molecule has 0 aliphatic carbocycles. The van der Waals surface area contributed by atoms with E-state index in [-0.39, 0.29) is 23.2 Å². The number of hydrogen-bond donors (Lipinski definition) is 0. The third-order valence-corrected chi connectivity index (χ3v) is 4.66. The number of thioether (sulfide) groups is 1. The second-order valence-corrected chi connectivity index (χ2v) is 7.81. The van der Waals surface area contributed by atoms with Crippen molar-refractivity contribution in [1.82, 2.24) is 4.90 Å². The molecule has 128 valence electrons. The molecule has 0 heterocycles. The summed E-state index contributed by atoms with van der Waals surface area (Å²) >= 11 is 1.51. The molecule has 1 aromatic rings. The highest BCUT2D eigenvalue weighted by Crippen LogP contribution is 2.25. The zero-order valence-corrected chi connectivity index (χ0v) is 15.7. The van der Waals surface area contributed by atoms with Crippen molar-refractivity contribution in [3.05, 3.63) is 29.8 Å². The van der Waals surface area contributed by atoms with Crippen molar-refractivity contribution in [3.8, 4) is 0 Å². The molecule has 0 N–H and O–H groups in total. The van der Waals surface area contributed by atoms with Crippen molar-refractivity contribution in [2.45, 2.75) is 38.0 Å². The van der Waals surface area contributed by atoms with E-state index in [1.165, 1.54) is 24.4 Å². The predicted octanol–water partition coefficient (Wildman–Crippen LogP) is 3.34. The largest absolute Gasteiger partial charge is 0.469 e. The van der Waals surface area contributed by atoms with Gasteiger partial charge in [-0.2, -0.15) is 0 Å². The van der Waals surface area contributed by atoms with Gasteiger partial charge < -0.3 is 9.64 Å². The smallest absolute Gasteiger partial charge is 0.310 e.